The molecule has 1 aromatic carbocycles. The molecule has 1 heterocycles. The van der Waals surface area contributed by atoms with E-state index in [1.54, 1.807) is 5.51 Å². The van der Waals surface area contributed by atoms with Crippen molar-refractivity contribution in [1.82, 2.24) is 10.3 Å². The van der Waals surface area contributed by atoms with E-state index in [1.165, 1.54) is 11.3 Å². The minimum atomic E-state index is -0.478. The first-order chi connectivity index (χ1) is 10.4. The first-order valence-corrected chi connectivity index (χ1v) is 8.25. The third kappa shape index (κ3) is 4.07. The molecule has 0 aliphatic carbocycles. The van der Waals surface area contributed by atoms with Crippen molar-refractivity contribution < 1.29 is 9.53 Å². The molecule has 1 N–H and O–H groups in total. The van der Waals surface area contributed by atoms with Crippen LogP contribution in [-0.2, 0) is 4.74 Å². The van der Waals surface area contributed by atoms with Gasteiger partial charge in [-0.1, -0.05) is 37.3 Å². The van der Waals surface area contributed by atoms with Crippen LogP contribution in [0.25, 0.3) is 0 Å². The van der Waals surface area contributed by atoms with Crippen LogP contribution >= 0.6 is 11.3 Å². The summed E-state index contributed by atoms with van der Waals surface area (Å²) in [6.07, 6.45) is 0.351. The number of rotatable bonds is 5. The van der Waals surface area contributed by atoms with Crippen LogP contribution < -0.4 is 5.32 Å². The van der Waals surface area contributed by atoms with E-state index in [0.29, 0.717) is 0 Å². The molecule has 0 bridgehead atoms. The van der Waals surface area contributed by atoms with Crippen LogP contribution in [0, 0.1) is 6.92 Å². The first-order valence-electron chi connectivity index (χ1n) is 7.37. The molecule has 5 heteroatoms. The molecule has 0 saturated carbocycles. The summed E-state index contributed by atoms with van der Waals surface area (Å²) in [5.41, 5.74) is 3.26. The van der Waals surface area contributed by atoms with Crippen molar-refractivity contribution in [2.45, 2.75) is 45.8 Å². The standard InChI is InChI=1S/C17H22N2O2S/c1-5-17(3,4)21-16(20)19-14(13-9-7-6-8-10-13)15-12(2)18-11-22-15/h6-11,14H,5H2,1-4H3,(H,19,20). The fourth-order valence-electron chi connectivity index (χ4n) is 2.00. The Morgan fingerprint density at radius 1 is 1.36 bits per heavy atom. The number of aromatic nitrogens is 1. The first kappa shape index (κ1) is 16.5. The van der Waals surface area contributed by atoms with E-state index in [4.69, 9.17) is 4.74 Å². The van der Waals surface area contributed by atoms with Crippen LogP contribution in [0.5, 0.6) is 0 Å². The Balaban J connectivity index is 2.23. The SMILES string of the molecule is CCC(C)(C)OC(=O)NC(c1ccccc1)c1scnc1C. The number of nitrogens with zero attached hydrogens (tertiary/aromatic N) is 1. The summed E-state index contributed by atoms with van der Waals surface area (Å²) in [7, 11) is 0. The maximum absolute atomic E-state index is 12.3. The van der Waals surface area contributed by atoms with E-state index in [0.717, 1.165) is 22.6 Å². The van der Waals surface area contributed by atoms with Gasteiger partial charge in [-0.2, -0.15) is 0 Å². The molecular weight excluding hydrogens is 296 g/mol. The summed E-state index contributed by atoms with van der Waals surface area (Å²) in [5, 5.41) is 2.98. The second kappa shape index (κ2) is 6.92. The summed E-state index contributed by atoms with van der Waals surface area (Å²) in [5.74, 6) is 0. The van der Waals surface area contributed by atoms with Gasteiger partial charge in [0.1, 0.15) is 5.60 Å². The number of amides is 1. The van der Waals surface area contributed by atoms with Gasteiger partial charge in [0.25, 0.3) is 0 Å². The van der Waals surface area contributed by atoms with Crippen LogP contribution in [0.2, 0.25) is 0 Å². The molecule has 118 valence electrons. The fraction of sp³-hybridized carbons (Fsp3) is 0.412. The lowest BCUT2D eigenvalue weighted by atomic mass is 10.0. The van der Waals surface area contributed by atoms with Crippen molar-refractivity contribution in [3.63, 3.8) is 0 Å². The van der Waals surface area contributed by atoms with Crippen LogP contribution in [0.15, 0.2) is 35.8 Å². The molecule has 2 aromatic rings. The van der Waals surface area contributed by atoms with Crippen molar-refractivity contribution in [1.29, 1.82) is 0 Å². The van der Waals surface area contributed by atoms with Gasteiger partial charge in [0.15, 0.2) is 0 Å². The lowest BCUT2D eigenvalue weighted by molar-refractivity contribution is 0.0350. The molecule has 0 saturated heterocycles. The quantitative estimate of drug-likeness (QED) is 0.885. The highest BCUT2D eigenvalue weighted by Crippen LogP contribution is 2.28. The lowest BCUT2D eigenvalue weighted by Crippen LogP contribution is -2.36. The number of thiazole rings is 1. The Labute approximate surface area is 135 Å². The van der Waals surface area contributed by atoms with Crippen LogP contribution in [0.4, 0.5) is 4.79 Å². The fourth-order valence-corrected chi connectivity index (χ4v) is 2.88. The highest BCUT2D eigenvalue weighted by Gasteiger charge is 2.25. The van der Waals surface area contributed by atoms with E-state index < -0.39 is 11.7 Å². The topological polar surface area (TPSA) is 51.2 Å². The third-order valence-corrected chi connectivity index (χ3v) is 4.66. The van der Waals surface area contributed by atoms with Crippen molar-refractivity contribution in [3.05, 3.63) is 52.0 Å². The predicted molar refractivity (Wildman–Crippen MR) is 89.1 cm³/mol. The van der Waals surface area contributed by atoms with Gasteiger partial charge in [0.2, 0.25) is 0 Å². The lowest BCUT2D eigenvalue weighted by Gasteiger charge is -2.26. The van der Waals surface area contributed by atoms with Gasteiger partial charge in [-0.15, -0.1) is 11.3 Å². The maximum atomic E-state index is 12.3. The van der Waals surface area contributed by atoms with Gasteiger partial charge in [-0.05, 0) is 32.8 Å². The van der Waals surface area contributed by atoms with E-state index >= 15 is 0 Å². The van der Waals surface area contributed by atoms with E-state index in [9.17, 15) is 4.79 Å². The van der Waals surface area contributed by atoms with Crippen LogP contribution in [0.1, 0.15) is 49.4 Å². The molecule has 4 nitrogen and oxygen atoms in total. The Kier molecular flexibility index (Phi) is 5.19. The molecule has 0 radical (unpaired) electrons. The number of benzene rings is 1. The van der Waals surface area contributed by atoms with Gasteiger partial charge in [0, 0.05) is 0 Å². The second-order valence-corrected chi connectivity index (χ2v) is 6.68. The summed E-state index contributed by atoms with van der Waals surface area (Å²) >= 11 is 1.54. The number of nitrogens with one attached hydrogen (secondary N) is 1. The molecule has 1 unspecified atom stereocenters. The largest absolute Gasteiger partial charge is 0.444 e. The summed E-state index contributed by atoms with van der Waals surface area (Å²) in [6, 6.07) is 9.63. The minimum Gasteiger partial charge on any atom is -0.444 e. The average molecular weight is 318 g/mol. The van der Waals surface area contributed by atoms with Gasteiger partial charge in [-0.25, -0.2) is 9.78 Å². The highest BCUT2D eigenvalue weighted by molar-refractivity contribution is 7.09. The smallest absolute Gasteiger partial charge is 0.408 e. The monoisotopic (exact) mass is 318 g/mol. The number of aryl methyl sites for hydroxylation is 1. The molecule has 1 amide bonds. The number of alkyl carbamates (subject to hydrolysis) is 1. The molecule has 0 spiro atoms. The number of carbonyl (C=O) groups is 1. The number of carbonyl (C=O) groups excluding carboxylic acids is 1. The van der Waals surface area contributed by atoms with Crippen molar-refractivity contribution in [3.8, 4) is 0 Å². The van der Waals surface area contributed by atoms with Crippen molar-refractivity contribution in [2.75, 3.05) is 0 Å². The molecule has 22 heavy (non-hydrogen) atoms. The van der Waals surface area contributed by atoms with Gasteiger partial charge in [0.05, 0.1) is 22.1 Å². The molecule has 2 rings (SSSR count). The molecular formula is C17H22N2O2S. The molecule has 0 aliphatic rings. The predicted octanol–water partition coefficient (Wildman–Crippen LogP) is 4.46. The average Bonchev–Trinajstić information content (AvgIpc) is 2.91. The van der Waals surface area contributed by atoms with Gasteiger partial charge >= 0.3 is 6.09 Å². The Morgan fingerprint density at radius 3 is 2.59 bits per heavy atom. The summed E-state index contributed by atoms with van der Waals surface area (Å²) in [4.78, 5) is 17.6. The zero-order valence-electron chi connectivity index (χ0n) is 13.4. The molecule has 1 aromatic heterocycles. The maximum Gasteiger partial charge on any atom is 0.408 e. The van der Waals surface area contributed by atoms with E-state index in [1.807, 2.05) is 58.0 Å². The zero-order valence-corrected chi connectivity index (χ0v) is 14.2. The van der Waals surface area contributed by atoms with Crippen molar-refractivity contribution in [2.24, 2.45) is 0 Å². The van der Waals surface area contributed by atoms with Gasteiger partial charge < -0.3 is 10.1 Å². The zero-order chi connectivity index (χ0) is 16.2. The normalized spacial score (nSPS) is 12.7. The number of ether oxygens (including phenoxy) is 1. The van der Waals surface area contributed by atoms with Gasteiger partial charge in [-0.3, -0.25) is 0 Å². The Hall–Kier alpha value is -1.88. The molecule has 1 atom stereocenters. The van der Waals surface area contributed by atoms with Crippen molar-refractivity contribution >= 4 is 17.4 Å². The molecule has 0 aliphatic heterocycles. The minimum absolute atomic E-state index is 0.242. The summed E-state index contributed by atoms with van der Waals surface area (Å²) < 4.78 is 5.51. The Bertz CT molecular complexity index is 623. The summed E-state index contributed by atoms with van der Waals surface area (Å²) in [6.45, 7) is 7.75. The van der Waals surface area contributed by atoms with Crippen LogP contribution in [0.3, 0.4) is 0 Å². The third-order valence-electron chi connectivity index (χ3n) is 3.66. The van der Waals surface area contributed by atoms with E-state index in [2.05, 4.69) is 10.3 Å². The van der Waals surface area contributed by atoms with Crippen LogP contribution in [-0.4, -0.2) is 16.7 Å². The second-order valence-electron chi connectivity index (χ2n) is 5.79. The van der Waals surface area contributed by atoms with E-state index in [-0.39, 0.29) is 6.04 Å². The molecule has 0 fully saturated rings. The highest BCUT2D eigenvalue weighted by atomic mass is 32.1. The number of hydrogen-bond donors (Lipinski definition) is 1. The Morgan fingerprint density at radius 2 is 2.05 bits per heavy atom. The number of hydrogen-bond acceptors (Lipinski definition) is 4.